The predicted molar refractivity (Wildman–Crippen MR) is 82.2 cm³/mol. The highest BCUT2D eigenvalue weighted by molar-refractivity contribution is 5.37. The fraction of sp³-hybridized carbons (Fsp3) is 0.647. The molecule has 2 heterocycles. The van der Waals surface area contributed by atoms with Crippen LogP contribution in [0.15, 0.2) is 18.2 Å². The molecule has 1 aromatic carbocycles. The second kappa shape index (κ2) is 5.74. The van der Waals surface area contributed by atoms with Crippen molar-refractivity contribution in [3.05, 3.63) is 29.3 Å². The highest BCUT2D eigenvalue weighted by Crippen LogP contribution is 2.31. The molecule has 2 aliphatic heterocycles. The summed E-state index contributed by atoms with van der Waals surface area (Å²) >= 11 is 0. The molecule has 3 heteroatoms. The second-order valence-corrected chi connectivity index (χ2v) is 6.58. The molecule has 1 aromatic rings. The number of likely N-dealkylation sites (tertiary alicyclic amines) is 1. The van der Waals surface area contributed by atoms with Crippen LogP contribution >= 0.6 is 0 Å². The maximum Gasteiger partial charge on any atom is 0.119 e. The summed E-state index contributed by atoms with van der Waals surface area (Å²) in [4.78, 5) is 2.51. The van der Waals surface area contributed by atoms with Gasteiger partial charge in [-0.3, -0.25) is 0 Å². The highest BCUT2D eigenvalue weighted by Gasteiger charge is 2.33. The van der Waals surface area contributed by atoms with E-state index in [1.165, 1.54) is 24.1 Å². The standard InChI is InChI=1S/C17H26N2O/c1-3-19-9-7-17(2,12-19)13-20-16-5-4-14-6-8-18-11-15(14)10-16/h4-5,10,18H,3,6-9,11-13H2,1-2H3. The lowest BCUT2D eigenvalue weighted by atomic mass is 9.91. The fourth-order valence-corrected chi connectivity index (χ4v) is 3.32. The van der Waals surface area contributed by atoms with Crippen molar-refractivity contribution < 1.29 is 4.74 Å². The fourth-order valence-electron chi connectivity index (χ4n) is 3.32. The van der Waals surface area contributed by atoms with Crippen LogP contribution in [-0.2, 0) is 13.0 Å². The van der Waals surface area contributed by atoms with Crippen molar-refractivity contribution in [3.63, 3.8) is 0 Å². The summed E-state index contributed by atoms with van der Waals surface area (Å²) in [6.45, 7) is 11.0. The van der Waals surface area contributed by atoms with Crippen LogP contribution in [0.4, 0.5) is 0 Å². The molecule has 1 atom stereocenters. The number of benzene rings is 1. The Labute approximate surface area is 122 Å². The molecule has 110 valence electrons. The van der Waals surface area contributed by atoms with Crippen molar-refractivity contribution in [3.8, 4) is 5.75 Å². The first-order valence-electron chi connectivity index (χ1n) is 7.86. The van der Waals surface area contributed by atoms with Gasteiger partial charge in [0.05, 0.1) is 6.61 Å². The van der Waals surface area contributed by atoms with Crippen LogP contribution in [0.5, 0.6) is 5.75 Å². The van der Waals surface area contributed by atoms with Crippen molar-refractivity contribution in [2.75, 3.05) is 32.8 Å². The molecule has 1 unspecified atom stereocenters. The smallest absolute Gasteiger partial charge is 0.119 e. The summed E-state index contributed by atoms with van der Waals surface area (Å²) in [5.41, 5.74) is 3.19. The Balaban J connectivity index is 1.61. The molecule has 2 aliphatic rings. The number of ether oxygens (including phenoxy) is 1. The minimum absolute atomic E-state index is 0.310. The monoisotopic (exact) mass is 274 g/mol. The van der Waals surface area contributed by atoms with Gasteiger partial charge in [0.15, 0.2) is 0 Å². The van der Waals surface area contributed by atoms with Crippen molar-refractivity contribution in [2.45, 2.75) is 33.2 Å². The summed E-state index contributed by atoms with van der Waals surface area (Å²) < 4.78 is 6.10. The molecule has 0 bridgehead atoms. The molecule has 20 heavy (non-hydrogen) atoms. The first kappa shape index (κ1) is 13.9. The van der Waals surface area contributed by atoms with Crippen molar-refractivity contribution in [2.24, 2.45) is 5.41 Å². The van der Waals surface area contributed by atoms with Gasteiger partial charge >= 0.3 is 0 Å². The SMILES string of the molecule is CCN1CCC(C)(COc2ccc3c(c2)CNCC3)C1. The van der Waals surface area contributed by atoms with E-state index in [0.29, 0.717) is 5.41 Å². The Bertz CT molecular complexity index is 474. The molecular formula is C17H26N2O. The van der Waals surface area contributed by atoms with Crippen LogP contribution in [0.1, 0.15) is 31.4 Å². The quantitative estimate of drug-likeness (QED) is 0.912. The van der Waals surface area contributed by atoms with Crippen LogP contribution in [0.3, 0.4) is 0 Å². The Kier molecular flexibility index (Phi) is 3.99. The number of rotatable bonds is 4. The average Bonchev–Trinajstić information content (AvgIpc) is 2.87. The summed E-state index contributed by atoms with van der Waals surface area (Å²) in [6.07, 6.45) is 2.38. The van der Waals surface area contributed by atoms with Crippen LogP contribution in [0.25, 0.3) is 0 Å². The minimum Gasteiger partial charge on any atom is -0.493 e. The molecule has 0 aromatic heterocycles. The molecule has 0 spiro atoms. The molecular weight excluding hydrogens is 248 g/mol. The van der Waals surface area contributed by atoms with E-state index < -0.39 is 0 Å². The number of hydrogen-bond donors (Lipinski definition) is 1. The van der Waals surface area contributed by atoms with E-state index in [2.05, 4.69) is 42.3 Å². The maximum atomic E-state index is 6.10. The van der Waals surface area contributed by atoms with Crippen molar-refractivity contribution >= 4 is 0 Å². The van der Waals surface area contributed by atoms with Gasteiger partial charge in [0.2, 0.25) is 0 Å². The van der Waals surface area contributed by atoms with E-state index in [1.807, 2.05) is 0 Å². The number of fused-ring (bicyclic) bond motifs is 1. The van der Waals surface area contributed by atoms with E-state index in [0.717, 1.165) is 45.0 Å². The third kappa shape index (κ3) is 2.99. The van der Waals surface area contributed by atoms with E-state index in [9.17, 15) is 0 Å². The van der Waals surface area contributed by atoms with E-state index >= 15 is 0 Å². The van der Waals surface area contributed by atoms with Crippen LogP contribution < -0.4 is 10.1 Å². The molecule has 0 aliphatic carbocycles. The van der Waals surface area contributed by atoms with E-state index in [4.69, 9.17) is 4.74 Å². The zero-order valence-electron chi connectivity index (χ0n) is 12.7. The van der Waals surface area contributed by atoms with Gasteiger partial charge in [-0.15, -0.1) is 0 Å². The van der Waals surface area contributed by atoms with Gasteiger partial charge in [-0.1, -0.05) is 19.9 Å². The van der Waals surface area contributed by atoms with Gasteiger partial charge in [0.1, 0.15) is 5.75 Å². The molecule has 1 fully saturated rings. The van der Waals surface area contributed by atoms with Crippen molar-refractivity contribution in [1.29, 1.82) is 0 Å². The Morgan fingerprint density at radius 3 is 3.05 bits per heavy atom. The Morgan fingerprint density at radius 1 is 1.35 bits per heavy atom. The number of nitrogens with one attached hydrogen (secondary N) is 1. The Morgan fingerprint density at radius 2 is 2.25 bits per heavy atom. The lowest BCUT2D eigenvalue weighted by Gasteiger charge is -2.25. The summed E-state index contributed by atoms with van der Waals surface area (Å²) in [7, 11) is 0. The minimum atomic E-state index is 0.310. The molecule has 3 rings (SSSR count). The topological polar surface area (TPSA) is 24.5 Å². The van der Waals surface area contributed by atoms with Gasteiger partial charge in [0.25, 0.3) is 0 Å². The van der Waals surface area contributed by atoms with Crippen LogP contribution in [0, 0.1) is 5.41 Å². The van der Waals surface area contributed by atoms with Gasteiger partial charge in [0, 0.05) is 18.5 Å². The zero-order chi connectivity index (χ0) is 14.0. The van der Waals surface area contributed by atoms with Gasteiger partial charge < -0.3 is 15.0 Å². The largest absolute Gasteiger partial charge is 0.493 e. The van der Waals surface area contributed by atoms with Crippen molar-refractivity contribution in [1.82, 2.24) is 10.2 Å². The highest BCUT2D eigenvalue weighted by atomic mass is 16.5. The summed E-state index contributed by atoms with van der Waals surface area (Å²) in [6, 6.07) is 6.60. The third-order valence-corrected chi connectivity index (χ3v) is 4.74. The predicted octanol–water partition coefficient (Wildman–Crippen LogP) is 2.44. The van der Waals surface area contributed by atoms with Gasteiger partial charge in [-0.05, 0) is 55.7 Å². The van der Waals surface area contributed by atoms with Crippen LogP contribution in [0.2, 0.25) is 0 Å². The maximum absolute atomic E-state index is 6.10. The lowest BCUT2D eigenvalue weighted by molar-refractivity contribution is 0.164. The lowest BCUT2D eigenvalue weighted by Crippen LogP contribution is -2.30. The first-order valence-corrected chi connectivity index (χ1v) is 7.86. The Hall–Kier alpha value is -1.06. The molecule has 0 amide bonds. The summed E-state index contributed by atoms with van der Waals surface area (Å²) in [5, 5.41) is 3.42. The van der Waals surface area contributed by atoms with Gasteiger partial charge in [-0.2, -0.15) is 0 Å². The van der Waals surface area contributed by atoms with E-state index in [-0.39, 0.29) is 0 Å². The second-order valence-electron chi connectivity index (χ2n) is 6.58. The van der Waals surface area contributed by atoms with Gasteiger partial charge in [-0.25, -0.2) is 0 Å². The molecule has 0 saturated carbocycles. The number of nitrogens with zero attached hydrogens (tertiary/aromatic N) is 1. The van der Waals surface area contributed by atoms with E-state index in [1.54, 1.807) is 0 Å². The molecule has 0 radical (unpaired) electrons. The summed E-state index contributed by atoms with van der Waals surface area (Å²) in [5.74, 6) is 1.03. The molecule has 3 nitrogen and oxygen atoms in total. The third-order valence-electron chi connectivity index (χ3n) is 4.74. The molecule has 1 N–H and O–H groups in total. The number of hydrogen-bond acceptors (Lipinski definition) is 3. The van der Waals surface area contributed by atoms with Crippen LogP contribution in [-0.4, -0.2) is 37.7 Å². The average molecular weight is 274 g/mol. The molecule has 1 saturated heterocycles. The normalized spacial score (nSPS) is 26.5. The first-order chi connectivity index (χ1) is 9.68. The zero-order valence-corrected chi connectivity index (χ0v) is 12.7.